The van der Waals surface area contributed by atoms with E-state index in [9.17, 15) is 9.59 Å². The van der Waals surface area contributed by atoms with Gasteiger partial charge in [0.2, 0.25) is 11.8 Å². The summed E-state index contributed by atoms with van der Waals surface area (Å²) in [4.78, 5) is 35.2. The molecule has 1 aromatic heterocycles. The molecule has 7 heteroatoms. The minimum absolute atomic E-state index is 0.0448. The van der Waals surface area contributed by atoms with Crippen molar-refractivity contribution in [3.8, 4) is 0 Å². The highest BCUT2D eigenvalue weighted by atomic mass is 16.2. The SMILES string of the molecule is Cc1ccc(CN2CCN(C(=O)[C@@H](N)Cc3cnc[nH]3)CC2=O)cc1C. The molecule has 1 atom stereocenters. The Labute approximate surface area is 153 Å². The molecule has 0 unspecified atom stereocenters. The van der Waals surface area contributed by atoms with Gasteiger partial charge in [-0.05, 0) is 30.5 Å². The van der Waals surface area contributed by atoms with Gasteiger partial charge in [-0.1, -0.05) is 18.2 Å². The van der Waals surface area contributed by atoms with E-state index >= 15 is 0 Å². The van der Waals surface area contributed by atoms with Crippen LogP contribution in [0.2, 0.25) is 0 Å². The fourth-order valence-electron chi connectivity index (χ4n) is 3.14. The first-order valence-electron chi connectivity index (χ1n) is 8.79. The van der Waals surface area contributed by atoms with E-state index in [0.717, 1.165) is 11.3 Å². The normalized spacial score (nSPS) is 16.0. The number of hydrogen-bond acceptors (Lipinski definition) is 4. The molecule has 2 amide bonds. The first kappa shape index (κ1) is 18.1. The standard InChI is InChI=1S/C19H25N5O2/c1-13-3-4-15(7-14(13)2)10-23-5-6-24(11-18(23)25)19(26)17(20)8-16-9-21-12-22-16/h3-4,7,9,12,17H,5-6,8,10-11,20H2,1-2H3,(H,21,22)/t17-/m0/s1. The summed E-state index contributed by atoms with van der Waals surface area (Å²) < 4.78 is 0. The van der Waals surface area contributed by atoms with E-state index in [0.29, 0.717) is 26.1 Å². The van der Waals surface area contributed by atoms with Gasteiger partial charge in [0, 0.05) is 37.9 Å². The van der Waals surface area contributed by atoms with Crippen molar-refractivity contribution in [2.75, 3.05) is 19.6 Å². The molecule has 0 saturated carbocycles. The molecule has 26 heavy (non-hydrogen) atoms. The zero-order chi connectivity index (χ0) is 18.7. The second-order valence-corrected chi connectivity index (χ2v) is 6.88. The number of nitrogens with zero attached hydrogens (tertiary/aromatic N) is 3. The Morgan fingerprint density at radius 3 is 2.77 bits per heavy atom. The van der Waals surface area contributed by atoms with E-state index in [1.54, 1.807) is 22.3 Å². The number of H-pyrrole nitrogens is 1. The highest BCUT2D eigenvalue weighted by molar-refractivity contribution is 5.88. The van der Waals surface area contributed by atoms with Crippen molar-refractivity contribution < 1.29 is 9.59 Å². The van der Waals surface area contributed by atoms with Crippen LogP contribution in [0.25, 0.3) is 0 Å². The van der Waals surface area contributed by atoms with Gasteiger partial charge >= 0.3 is 0 Å². The van der Waals surface area contributed by atoms with E-state index in [4.69, 9.17) is 5.73 Å². The van der Waals surface area contributed by atoms with Crippen LogP contribution in [-0.4, -0.2) is 57.3 Å². The van der Waals surface area contributed by atoms with Crippen molar-refractivity contribution >= 4 is 11.8 Å². The van der Waals surface area contributed by atoms with Crippen LogP contribution < -0.4 is 5.73 Å². The van der Waals surface area contributed by atoms with E-state index in [1.165, 1.54) is 11.1 Å². The molecular weight excluding hydrogens is 330 g/mol. The molecule has 3 rings (SSSR count). The van der Waals surface area contributed by atoms with Crippen LogP contribution in [0.3, 0.4) is 0 Å². The number of aromatic amines is 1. The van der Waals surface area contributed by atoms with Crippen LogP contribution in [0.1, 0.15) is 22.4 Å². The Hall–Kier alpha value is -2.67. The van der Waals surface area contributed by atoms with Gasteiger partial charge in [-0.3, -0.25) is 9.59 Å². The third-order valence-electron chi connectivity index (χ3n) is 4.89. The molecule has 7 nitrogen and oxygen atoms in total. The number of benzene rings is 1. The van der Waals surface area contributed by atoms with Crippen LogP contribution in [-0.2, 0) is 22.6 Å². The number of carbonyl (C=O) groups is 2. The number of aryl methyl sites for hydroxylation is 2. The topological polar surface area (TPSA) is 95.3 Å². The minimum atomic E-state index is -0.672. The quantitative estimate of drug-likeness (QED) is 0.828. The molecule has 1 fully saturated rings. The number of amides is 2. The van der Waals surface area contributed by atoms with Gasteiger partial charge in [0.25, 0.3) is 0 Å². The average molecular weight is 355 g/mol. The van der Waals surface area contributed by atoms with Gasteiger partial charge in [0.05, 0.1) is 18.9 Å². The fourth-order valence-corrected chi connectivity index (χ4v) is 3.14. The molecule has 1 aliphatic rings. The third-order valence-corrected chi connectivity index (χ3v) is 4.89. The van der Waals surface area contributed by atoms with Crippen molar-refractivity contribution in [2.45, 2.75) is 32.9 Å². The molecule has 3 N–H and O–H groups in total. The van der Waals surface area contributed by atoms with Crippen LogP contribution in [0.5, 0.6) is 0 Å². The summed E-state index contributed by atoms with van der Waals surface area (Å²) in [5.41, 5.74) is 10.4. The maximum Gasteiger partial charge on any atom is 0.242 e. The predicted octanol–water partition coefficient (Wildman–Crippen LogP) is 0.767. The molecule has 1 aromatic carbocycles. The monoisotopic (exact) mass is 355 g/mol. The number of piperazine rings is 1. The van der Waals surface area contributed by atoms with Crippen molar-refractivity contribution in [3.63, 3.8) is 0 Å². The van der Waals surface area contributed by atoms with Crippen molar-refractivity contribution in [2.24, 2.45) is 5.73 Å². The minimum Gasteiger partial charge on any atom is -0.348 e. The Balaban J connectivity index is 1.56. The number of rotatable bonds is 5. The molecule has 0 aliphatic carbocycles. The summed E-state index contributed by atoms with van der Waals surface area (Å²) in [5, 5.41) is 0. The van der Waals surface area contributed by atoms with Gasteiger partial charge in [0.1, 0.15) is 0 Å². The van der Waals surface area contributed by atoms with Gasteiger partial charge in [-0.25, -0.2) is 4.98 Å². The summed E-state index contributed by atoms with van der Waals surface area (Å²) in [5.74, 6) is -0.240. The zero-order valence-electron chi connectivity index (χ0n) is 15.2. The molecule has 0 spiro atoms. The lowest BCUT2D eigenvalue weighted by molar-refractivity contribution is -0.146. The number of imidazole rings is 1. The molecular formula is C19H25N5O2. The number of aromatic nitrogens is 2. The Kier molecular flexibility index (Phi) is 5.37. The van der Waals surface area contributed by atoms with Crippen LogP contribution in [0, 0.1) is 13.8 Å². The zero-order valence-corrected chi connectivity index (χ0v) is 15.2. The Morgan fingerprint density at radius 2 is 2.12 bits per heavy atom. The van der Waals surface area contributed by atoms with Crippen molar-refractivity contribution in [1.29, 1.82) is 0 Å². The molecule has 0 bridgehead atoms. The predicted molar refractivity (Wildman–Crippen MR) is 98.2 cm³/mol. The van der Waals surface area contributed by atoms with E-state index in [2.05, 4.69) is 35.9 Å². The second kappa shape index (κ2) is 7.70. The maximum atomic E-state index is 12.5. The lowest BCUT2D eigenvalue weighted by Crippen LogP contribution is -2.55. The van der Waals surface area contributed by atoms with Crippen LogP contribution in [0.15, 0.2) is 30.7 Å². The summed E-state index contributed by atoms with van der Waals surface area (Å²) in [6.07, 6.45) is 3.59. The number of hydrogen-bond donors (Lipinski definition) is 2. The lowest BCUT2D eigenvalue weighted by Gasteiger charge is -2.35. The van der Waals surface area contributed by atoms with Crippen molar-refractivity contribution in [1.82, 2.24) is 19.8 Å². The summed E-state index contributed by atoms with van der Waals surface area (Å²) in [6.45, 7) is 5.82. The molecule has 2 aromatic rings. The average Bonchev–Trinajstić information content (AvgIpc) is 3.12. The second-order valence-electron chi connectivity index (χ2n) is 6.88. The highest BCUT2D eigenvalue weighted by Gasteiger charge is 2.30. The number of nitrogens with two attached hydrogens (primary N) is 1. The van der Waals surface area contributed by atoms with E-state index in [1.807, 2.05) is 6.07 Å². The Morgan fingerprint density at radius 1 is 1.31 bits per heavy atom. The fraction of sp³-hybridized carbons (Fsp3) is 0.421. The Bertz CT molecular complexity index is 787. The molecule has 2 heterocycles. The largest absolute Gasteiger partial charge is 0.348 e. The summed E-state index contributed by atoms with van der Waals surface area (Å²) in [7, 11) is 0. The van der Waals surface area contributed by atoms with Gasteiger partial charge in [-0.15, -0.1) is 0 Å². The van der Waals surface area contributed by atoms with Gasteiger partial charge in [-0.2, -0.15) is 0 Å². The van der Waals surface area contributed by atoms with Crippen molar-refractivity contribution in [3.05, 3.63) is 53.1 Å². The maximum absolute atomic E-state index is 12.5. The van der Waals surface area contributed by atoms with Crippen LogP contribution in [0.4, 0.5) is 0 Å². The first-order chi connectivity index (χ1) is 12.4. The third kappa shape index (κ3) is 4.11. The number of nitrogens with one attached hydrogen (secondary N) is 1. The van der Waals surface area contributed by atoms with Gasteiger partial charge in [0.15, 0.2) is 0 Å². The molecule has 138 valence electrons. The summed E-state index contributed by atoms with van der Waals surface area (Å²) >= 11 is 0. The lowest BCUT2D eigenvalue weighted by atomic mass is 10.1. The van der Waals surface area contributed by atoms with Crippen LogP contribution >= 0.6 is 0 Å². The van der Waals surface area contributed by atoms with Gasteiger partial charge < -0.3 is 20.5 Å². The highest BCUT2D eigenvalue weighted by Crippen LogP contribution is 2.14. The summed E-state index contributed by atoms with van der Waals surface area (Å²) in [6, 6.07) is 5.56. The molecule has 1 saturated heterocycles. The molecule has 0 radical (unpaired) electrons. The number of carbonyl (C=O) groups excluding carboxylic acids is 2. The molecule has 1 aliphatic heterocycles. The first-order valence-corrected chi connectivity index (χ1v) is 8.79. The smallest absolute Gasteiger partial charge is 0.242 e. The van der Waals surface area contributed by atoms with E-state index < -0.39 is 6.04 Å². The van der Waals surface area contributed by atoms with E-state index in [-0.39, 0.29) is 18.4 Å².